The number of nitrogens with two attached hydrogens (primary N) is 2. The van der Waals surface area contributed by atoms with Crippen LogP contribution in [0.5, 0.6) is 0 Å². The lowest BCUT2D eigenvalue weighted by molar-refractivity contribution is -0.299. The molecule has 0 aliphatic rings. The van der Waals surface area contributed by atoms with Gasteiger partial charge in [-0.05, 0) is 0 Å². The molecule has 0 amide bonds. The van der Waals surface area contributed by atoms with E-state index in [1.165, 1.54) is 0 Å². The van der Waals surface area contributed by atoms with E-state index in [0.717, 1.165) is 0 Å². The van der Waals surface area contributed by atoms with Gasteiger partial charge < -0.3 is 0 Å². The van der Waals surface area contributed by atoms with Gasteiger partial charge in [0.25, 0.3) is 0 Å². The number of hydrogen-bond acceptors (Lipinski definition) is 3. The molecule has 6 nitrogen and oxygen atoms in total. The Kier molecular flexibility index (Phi) is 7.30. The van der Waals surface area contributed by atoms with Crippen LogP contribution in [0.4, 0.5) is 0 Å². The molecule has 0 heterocycles. The summed E-state index contributed by atoms with van der Waals surface area (Å²) in [4.78, 5) is 10.1. The molecular weight excluding hydrogens is 240 g/mol. The molecule has 13 heavy (non-hydrogen) atoms. The quantitative estimate of drug-likeness (QED) is 0.393. The number of hydrogen-bond donors (Lipinski definition) is 2. The zero-order chi connectivity index (χ0) is 10.3. The van der Waals surface area contributed by atoms with Gasteiger partial charge >= 0.3 is 7.59 Å². The van der Waals surface area contributed by atoms with Gasteiger partial charge in [0, 0.05) is 16.8 Å². The van der Waals surface area contributed by atoms with E-state index < -0.39 is 7.59 Å². The fraction of sp³-hybridized carbons (Fsp3) is 1.00. The Morgan fingerprint density at radius 2 is 1.54 bits per heavy atom. The molecule has 0 aliphatic carbocycles. The average molecular weight is 252 g/mol. The first-order valence-corrected chi connectivity index (χ1v) is 6.24. The Morgan fingerprint density at radius 3 is 1.77 bits per heavy atom. The first-order chi connectivity index (χ1) is 6.02. The third-order valence-electron chi connectivity index (χ3n) is 0.813. The highest BCUT2D eigenvalue weighted by Gasteiger charge is 2.23. The first kappa shape index (κ1) is 13.6. The van der Waals surface area contributed by atoms with Gasteiger partial charge in [0.2, 0.25) is 0 Å². The molecule has 0 radical (unpaired) electrons. The minimum atomic E-state index is -3.56. The Balaban J connectivity index is 3.96. The van der Waals surface area contributed by atoms with E-state index in [0.29, 0.717) is 5.00 Å². The molecule has 0 atom stereocenters. The fourth-order valence-electron chi connectivity index (χ4n) is 0.443. The van der Waals surface area contributed by atoms with Crippen LogP contribution in [-0.2, 0) is 14.2 Å². The Morgan fingerprint density at radius 1 is 1.15 bits per heavy atom. The van der Waals surface area contributed by atoms with Crippen molar-refractivity contribution in [2.75, 3.05) is 25.0 Å². The molecule has 0 saturated heterocycles. The highest BCUT2D eigenvalue weighted by molar-refractivity contribution is 7.56. The van der Waals surface area contributed by atoms with E-state index in [1.54, 1.807) is 0 Å². The fourth-order valence-corrected chi connectivity index (χ4v) is 1.11. The van der Waals surface area contributed by atoms with Gasteiger partial charge in [-0.2, -0.15) is 0 Å². The molecule has 9 heteroatoms. The van der Waals surface area contributed by atoms with Crippen LogP contribution in [-0.4, -0.2) is 30.0 Å². The highest BCUT2D eigenvalue weighted by Crippen LogP contribution is 2.31. The summed E-state index contributed by atoms with van der Waals surface area (Å²) in [5.41, 5.74) is 10.2. The van der Waals surface area contributed by atoms with E-state index in [4.69, 9.17) is 43.9 Å². The molecule has 0 aliphatic heterocycles. The summed E-state index contributed by atoms with van der Waals surface area (Å²) in [6.45, 7) is 0.199. The Hall–Kier alpha value is 0.610. The van der Waals surface area contributed by atoms with Gasteiger partial charge in [-0.1, -0.05) is 0 Å². The third kappa shape index (κ3) is 6.65. The molecule has 0 aromatic carbocycles. The second-order valence-corrected chi connectivity index (χ2v) is 4.38. The Bertz CT molecular complexity index is 170. The summed E-state index contributed by atoms with van der Waals surface area (Å²) in [7, 11) is -3.56. The van der Waals surface area contributed by atoms with Gasteiger partial charge in [-0.3, -0.25) is 25.2 Å². The van der Waals surface area contributed by atoms with Crippen molar-refractivity contribution in [2.45, 2.75) is 0 Å². The monoisotopic (exact) mass is 251 g/mol. The zero-order valence-corrected chi connectivity index (χ0v) is 9.26. The lowest BCUT2D eigenvalue weighted by Crippen LogP contribution is -2.30. The van der Waals surface area contributed by atoms with Gasteiger partial charge in [0.1, 0.15) is 0 Å². The van der Waals surface area contributed by atoms with Crippen LogP contribution in [0.15, 0.2) is 0 Å². The van der Waals surface area contributed by atoms with E-state index in [1.807, 2.05) is 0 Å². The zero-order valence-electron chi connectivity index (χ0n) is 6.86. The Labute approximate surface area is 86.5 Å². The molecule has 0 rings (SSSR count). The van der Waals surface area contributed by atoms with E-state index in [2.05, 4.69) is 0 Å². The normalized spacial score (nSPS) is 12.4. The van der Waals surface area contributed by atoms with Crippen LogP contribution >= 0.6 is 30.8 Å². The lowest BCUT2D eigenvalue weighted by atomic mass is 10.9. The van der Waals surface area contributed by atoms with Gasteiger partial charge in [-0.25, -0.2) is 0 Å². The molecule has 0 aromatic rings. The second-order valence-electron chi connectivity index (χ2n) is 1.95. The molecule has 0 fully saturated rings. The maximum atomic E-state index is 11.1. The minimum absolute atomic E-state index is 0.0994. The molecule has 0 unspecified atom stereocenters. The molecule has 0 aromatic heterocycles. The van der Waals surface area contributed by atoms with Crippen molar-refractivity contribution in [2.24, 2.45) is 11.0 Å². The van der Waals surface area contributed by atoms with Crippen LogP contribution in [0.3, 0.4) is 0 Å². The van der Waals surface area contributed by atoms with Crippen LogP contribution in [0.2, 0.25) is 0 Å². The highest BCUT2D eigenvalue weighted by atomic mass is 35.5. The standard InChI is InChI=1S/C4H12Cl2N3O3P/c5-1-3-11-9(12-4-2-6)13(7,8)10/h1-4H2,(H4,7,8,10). The maximum absolute atomic E-state index is 11.1. The van der Waals surface area contributed by atoms with Crippen LogP contribution in [0.1, 0.15) is 0 Å². The summed E-state index contributed by atoms with van der Waals surface area (Å²) in [5, 5.41) is 0. The van der Waals surface area contributed by atoms with E-state index in [9.17, 15) is 4.57 Å². The summed E-state index contributed by atoms with van der Waals surface area (Å²) in [5.74, 6) is 0.418. The van der Waals surface area contributed by atoms with Crippen molar-refractivity contribution >= 4 is 30.8 Å². The smallest absolute Gasteiger partial charge is 0.267 e. The lowest BCUT2D eigenvalue weighted by Gasteiger charge is -2.22. The molecule has 80 valence electrons. The summed E-state index contributed by atoms with van der Waals surface area (Å²) >= 11 is 10.7. The van der Waals surface area contributed by atoms with E-state index in [-0.39, 0.29) is 25.0 Å². The van der Waals surface area contributed by atoms with Crippen molar-refractivity contribution in [3.05, 3.63) is 0 Å². The van der Waals surface area contributed by atoms with Crippen molar-refractivity contribution in [3.8, 4) is 0 Å². The van der Waals surface area contributed by atoms with Crippen LogP contribution < -0.4 is 11.0 Å². The number of nitrogens with zero attached hydrogens (tertiary/aromatic N) is 1. The van der Waals surface area contributed by atoms with Gasteiger partial charge in [0.05, 0.1) is 13.2 Å². The molecule has 0 bridgehead atoms. The molecular formula is C4H12Cl2N3O3P. The van der Waals surface area contributed by atoms with Crippen LogP contribution in [0, 0.1) is 0 Å². The number of halogens is 2. The minimum Gasteiger partial charge on any atom is -0.267 e. The van der Waals surface area contributed by atoms with Gasteiger partial charge in [0.15, 0.2) is 0 Å². The van der Waals surface area contributed by atoms with Crippen molar-refractivity contribution < 1.29 is 14.2 Å². The third-order valence-corrected chi connectivity index (χ3v) is 1.86. The summed E-state index contributed by atoms with van der Waals surface area (Å²) < 4.78 is 11.1. The molecule has 0 spiro atoms. The predicted octanol–water partition coefficient (Wildman–Crippen LogP) is 0.655. The topological polar surface area (TPSA) is 90.8 Å². The summed E-state index contributed by atoms with van der Waals surface area (Å²) in [6.07, 6.45) is 0. The van der Waals surface area contributed by atoms with Crippen molar-refractivity contribution in [1.29, 1.82) is 0 Å². The van der Waals surface area contributed by atoms with Crippen LogP contribution in [0.25, 0.3) is 0 Å². The SMILES string of the molecule is NP(N)(=O)N(OCCCl)OCCCl. The largest absolute Gasteiger partial charge is 0.323 e. The summed E-state index contributed by atoms with van der Waals surface area (Å²) in [6, 6.07) is 0. The number of rotatable bonds is 7. The van der Waals surface area contributed by atoms with Crippen molar-refractivity contribution in [1.82, 2.24) is 5.00 Å². The van der Waals surface area contributed by atoms with Crippen molar-refractivity contribution in [3.63, 3.8) is 0 Å². The van der Waals surface area contributed by atoms with Gasteiger partial charge in [-0.15, -0.1) is 23.2 Å². The average Bonchev–Trinajstić information content (AvgIpc) is 2.02. The first-order valence-electron chi connectivity index (χ1n) is 3.38. The predicted molar refractivity (Wildman–Crippen MR) is 51.2 cm³/mol. The molecule has 4 N–H and O–H groups in total. The number of alkyl halides is 2. The second kappa shape index (κ2) is 6.98. The van der Waals surface area contributed by atoms with E-state index >= 15 is 0 Å². The molecule has 0 saturated carbocycles. The maximum Gasteiger partial charge on any atom is 0.323 e.